The molecule has 0 aliphatic rings. The molecule has 5 aromatic carbocycles. The third kappa shape index (κ3) is 2.92. The summed E-state index contributed by atoms with van der Waals surface area (Å²) in [6.07, 6.45) is 0. The minimum absolute atomic E-state index is 0.0216. The molecule has 6 aromatic rings. The van der Waals surface area contributed by atoms with Crippen molar-refractivity contribution in [3.05, 3.63) is 111 Å². The summed E-state index contributed by atoms with van der Waals surface area (Å²) in [6.45, 7) is 0. The summed E-state index contributed by atoms with van der Waals surface area (Å²) in [5.41, 5.74) is 1.48. The summed E-state index contributed by atoms with van der Waals surface area (Å²) >= 11 is 0. The number of para-hydroxylation sites is 2. The molecule has 0 spiro atoms. The number of carbonyl (C=O) groups excluding carboxylic acids is 1. The van der Waals surface area contributed by atoms with Gasteiger partial charge in [-0.3, -0.25) is 9.59 Å². The number of aromatic nitrogens is 1. The number of H-pyrrole nitrogens is 1. The quantitative estimate of drug-likeness (QED) is 0.176. The van der Waals surface area contributed by atoms with Gasteiger partial charge in [-0.15, -0.1) is 0 Å². The molecule has 1 heterocycles. The maximum absolute atomic E-state index is 13.6. The normalized spacial score (nSPS) is 11.4. The van der Waals surface area contributed by atoms with Gasteiger partial charge in [0, 0.05) is 16.8 Å². The van der Waals surface area contributed by atoms with Crippen molar-refractivity contribution in [3.63, 3.8) is 0 Å². The molecule has 0 amide bonds. The largest absolute Gasteiger partial charge is 0.453 e. The number of ether oxygens (including phenoxy) is 1. The molecular weight excluding hydrogens is 418 g/mol. The van der Waals surface area contributed by atoms with Crippen LogP contribution in [-0.4, -0.2) is 11.0 Å². The van der Waals surface area contributed by atoms with Crippen molar-refractivity contribution in [1.29, 1.82) is 0 Å². The summed E-state index contributed by atoms with van der Waals surface area (Å²) < 4.78 is 11.7. The predicted octanol–water partition coefficient (Wildman–Crippen LogP) is 5.16. The van der Waals surface area contributed by atoms with Crippen molar-refractivity contribution < 1.29 is 13.9 Å². The van der Waals surface area contributed by atoms with Crippen LogP contribution < -0.4 is 15.6 Å². The number of hydrogen-bond donors (Lipinski definition) is 1. The summed E-state index contributed by atoms with van der Waals surface area (Å²) in [4.78, 5) is 43.1. The van der Waals surface area contributed by atoms with E-state index in [1.165, 1.54) is 6.07 Å². The Morgan fingerprint density at radius 3 is 2.12 bits per heavy atom. The summed E-state index contributed by atoms with van der Waals surface area (Å²) in [5.74, 6) is -0.660. The average Bonchev–Trinajstić information content (AvgIpc) is 2.86. The first-order chi connectivity index (χ1) is 16.1. The first-order valence-corrected chi connectivity index (χ1v) is 10.3. The van der Waals surface area contributed by atoms with E-state index in [1.807, 2.05) is 18.2 Å². The van der Waals surface area contributed by atoms with Crippen molar-refractivity contribution >= 4 is 49.7 Å². The fourth-order valence-electron chi connectivity index (χ4n) is 4.17. The second-order valence-corrected chi connectivity index (χ2v) is 7.68. The topological polar surface area (TPSA) is 89.4 Å². The second kappa shape index (κ2) is 7.17. The van der Waals surface area contributed by atoms with Gasteiger partial charge in [0.1, 0.15) is 5.75 Å². The fraction of sp³-hybridized carbons (Fsp3) is 0. The zero-order valence-corrected chi connectivity index (χ0v) is 17.1. The van der Waals surface area contributed by atoms with Crippen LogP contribution in [0, 0.1) is 0 Å². The van der Waals surface area contributed by atoms with E-state index in [0.29, 0.717) is 33.1 Å². The third-order valence-corrected chi connectivity index (χ3v) is 5.70. The minimum atomic E-state index is -0.638. The number of hydrogen-bond acceptors (Lipinski definition) is 5. The molecule has 1 N–H and O–H groups in total. The van der Waals surface area contributed by atoms with Gasteiger partial charge in [0.15, 0.2) is 22.0 Å². The van der Waals surface area contributed by atoms with Gasteiger partial charge in [0.05, 0.1) is 27.4 Å². The highest BCUT2D eigenvalue weighted by Gasteiger charge is 2.21. The van der Waals surface area contributed by atoms with Gasteiger partial charge in [0.2, 0.25) is 0 Å². The maximum Gasteiger partial charge on any atom is 0.343 e. The highest BCUT2D eigenvalue weighted by atomic mass is 16.5. The van der Waals surface area contributed by atoms with Crippen molar-refractivity contribution in [2.75, 3.05) is 0 Å². The molecule has 0 radical (unpaired) electrons. The highest BCUT2D eigenvalue weighted by molar-refractivity contribution is 6.13. The van der Waals surface area contributed by atoms with Crippen LogP contribution in [0.2, 0.25) is 0 Å². The Balaban J connectivity index is 1.76. The van der Waals surface area contributed by atoms with E-state index in [4.69, 9.17) is 9.15 Å². The van der Waals surface area contributed by atoms with Crippen molar-refractivity contribution in [1.82, 2.24) is 4.98 Å². The van der Waals surface area contributed by atoms with Crippen LogP contribution in [0.5, 0.6) is 5.75 Å². The fourth-order valence-corrected chi connectivity index (χ4v) is 4.17. The SMILES string of the molecule is O=C(Oc1cc2oc3ccccc3[nH]c2c2c(=O)c3ccccc3c(=O)c12)c1ccccc1. The molecule has 0 saturated heterocycles. The molecule has 0 aliphatic heterocycles. The predicted molar refractivity (Wildman–Crippen MR) is 127 cm³/mol. The number of nitrogens with one attached hydrogen (secondary N) is 1. The Morgan fingerprint density at radius 1 is 0.727 bits per heavy atom. The van der Waals surface area contributed by atoms with Crippen molar-refractivity contribution in [2.24, 2.45) is 0 Å². The molecule has 158 valence electrons. The average molecular weight is 433 g/mol. The first-order valence-electron chi connectivity index (χ1n) is 10.3. The van der Waals surface area contributed by atoms with E-state index in [-0.39, 0.29) is 32.8 Å². The standard InChI is InChI=1S/C27H15NO5/c29-25-16-10-4-5-11-17(16)26(30)23-22(25)20(33-27(31)15-8-2-1-3-9-15)14-21-24(23)28-18-12-6-7-13-19(18)32-21/h1-14,28H. The maximum atomic E-state index is 13.6. The number of benzene rings is 5. The van der Waals surface area contributed by atoms with Gasteiger partial charge in [-0.2, -0.15) is 0 Å². The van der Waals surface area contributed by atoms with Gasteiger partial charge in [0.25, 0.3) is 0 Å². The first kappa shape index (κ1) is 19.0. The summed E-state index contributed by atoms with van der Waals surface area (Å²) in [7, 11) is 0. The van der Waals surface area contributed by atoms with Crippen LogP contribution in [-0.2, 0) is 0 Å². The molecule has 6 heteroatoms. The van der Waals surface area contributed by atoms with E-state index >= 15 is 0 Å². The van der Waals surface area contributed by atoms with E-state index in [2.05, 4.69) is 4.98 Å². The Bertz CT molecular complexity index is 1850. The lowest BCUT2D eigenvalue weighted by Gasteiger charge is -2.12. The smallest absolute Gasteiger partial charge is 0.343 e. The zero-order chi connectivity index (χ0) is 22.5. The van der Waals surface area contributed by atoms with Crippen molar-refractivity contribution in [3.8, 4) is 5.75 Å². The highest BCUT2D eigenvalue weighted by Crippen LogP contribution is 2.32. The number of aromatic amines is 1. The van der Waals surface area contributed by atoms with Crippen molar-refractivity contribution in [2.45, 2.75) is 0 Å². The summed E-state index contributed by atoms with van der Waals surface area (Å²) in [6, 6.07) is 23.8. The van der Waals surface area contributed by atoms with Gasteiger partial charge < -0.3 is 14.1 Å². The zero-order valence-electron chi connectivity index (χ0n) is 17.1. The lowest BCUT2D eigenvalue weighted by atomic mass is 10.00. The van der Waals surface area contributed by atoms with E-state index < -0.39 is 5.97 Å². The van der Waals surface area contributed by atoms with Crippen LogP contribution in [0.15, 0.2) is 98.9 Å². The second-order valence-electron chi connectivity index (χ2n) is 7.68. The van der Waals surface area contributed by atoms with Gasteiger partial charge in [-0.25, -0.2) is 4.79 Å². The molecule has 6 rings (SSSR count). The third-order valence-electron chi connectivity index (χ3n) is 5.70. The molecule has 0 unspecified atom stereocenters. The molecule has 0 aliphatic carbocycles. The van der Waals surface area contributed by atoms with Gasteiger partial charge >= 0.3 is 5.97 Å². The molecule has 0 saturated carbocycles. The van der Waals surface area contributed by atoms with Crippen LogP contribution in [0.4, 0.5) is 0 Å². The van der Waals surface area contributed by atoms with Crippen LogP contribution in [0.1, 0.15) is 10.4 Å². The monoisotopic (exact) mass is 433 g/mol. The van der Waals surface area contributed by atoms with E-state index in [9.17, 15) is 14.4 Å². The van der Waals surface area contributed by atoms with E-state index in [0.717, 1.165) is 0 Å². The Hall–Kier alpha value is -4.71. The van der Waals surface area contributed by atoms with Crippen LogP contribution in [0.25, 0.3) is 43.7 Å². The Labute approximate surface area is 185 Å². The molecule has 1 aromatic heterocycles. The lowest BCUT2D eigenvalue weighted by Crippen LogP contribution is -2.16. The van der Waals surface area contributed by atoms with Crippen LogP contribution >= 0.6 is 0 Å². The number of esters is 1. The number of carbonyl (C=O) groups is 1. The molecule has 0 atom stereocenters. The molecular formula is C27H15NO5. The molecule has 6 nitrogen and oxygen atoms in total. The van der Waals surface area contributed by atoms with Gasteiger partial charge in [-0.05, 0) is 24.3 Å². The Morgan fingerprint density at radius 2 is 1.36 bits per heavy atom. The molecule has 33 heavy (non-hydrogen) atoms. The Kier molecular flexibility index (Phi) is 4.13. The molecule has 0 fully saturated rings. The summed E-state index contributed by atoms with van der Waals surface area (Å²) in [5, 5.41) is 0.729. The van der Waals surface area contributed by atoms with Crippen LogP contribution in [0.3, 0.4) is 0 Å². The van der Waals surface area contributed by atoms with E-state index in [1.54, 1.807) is 60.7 Å². The minimum Gasteiger partial charge on any atom is -0.453 e. The number of rotatable bonds is 2. The lowest BCUT2D eigenvalue weighted by molar-refractivity contribution is 0.0737. The molecule has 0 bridgehead atoms. The number of fused-ring (bicyclic) bond motifs is 5. The van der Waals surface area contributed by atoms with Gasteiger partial charge in [-0.1, -0.05) is 54.6 Å².